The van der Waals surface area contributed by atoms with E-state index in [1.807, 2.05) is 6.92 Å². The van der Waals surface area contributed by atoms with Crippen LogP contribution in [0.25, 0.3) is 0 Å². The Morgan fingerprint density at radius 1 is 1.15 bits per heavy atom. The molecule has 0 bridgehead atoms. The van der Waals surface area contributed by atoms with E-state index < -0.39 is 0 Å². The van der Waals surface area contributed by atoms with Gasteiger partial charge in [-0.25, -0.2) is 0 Å². The third-order valence-electron chi connectivity index (χ3n) is 1.78. The summed E-state index contributed by atoms with van der Waals surface area (Å²) >= 11 is 6.42. The normalized spacial score (nSPS) is 10.4. The van der Waals surface area contributed by atoms with Gasteiger partial charge in [0.2, 0.25) is 0 Å². The lowest BCUT2D eigenvalue weighted by Crippen LogP contribution is -1.87. The molecule has 0 saturated heterocycles. The fraction of sp³-hybridized carbons (Fsp3) is 0.333. The number of phenolic OH excluding ortho intramolecular Hbond substituents is 2. The Balaban J connectivity index is 3.28. The van der Waals surface area contributed by atoms with Crippen LogP contribution in [0, 0.1) is 0 Å². The second-order valence-electron chi connectivity index (χ2n) is 2.77. The summed E-state index contributed by atoms with van der Waals surface area (Å²) in [7, 11) is 0. The van der Waals surface area contributed by atoms with Crippen LogP contribution in [0.5, 0.6) is 11.5 Å². The molecule has 0 spiro atoms. The molecule has 0 aromatic heterocycles. The van der Waals surface area contributed by atoms with Crippen LogP contribution in [0.4, 0.5) is 0 Å². The Hall–Kier alpha value is -0.220. The van der Waals surface area contributed by atoms with E-state index in [1.165, 1.54) is 0 Å². The van der Waals surface area contributed by atoms with Gasteiger partial charge in [-0.05, 0) is 44.3 Å². The van der Waals surface area contributed by atoms with Gasteiger partial charge in [0.15, 0.2) is 0 Å². The summed E-state index contributed by atoms with van der Waals surface area (Å²) in [6, 6.07) is 1.63. The molecule has 1 aromatic rings. The van der Waals surface area contributed by atoms with Crippen molar-refractivity contribution in [2.75, 3.05) is 0 Å². The molecular weight excluding hydrogens is 300 g/mol. The number of phenols is 2. The maximum Gasteiger partial charge on any atom is 0.136 e. The monoisotopic (exact) mass is 308 g/mol. The van der Waals surface area contributed by atoms with Crippen molar-refractivity contribution in [3.8, 4) is 11.5 Å². The molecular formula is C9H10Br2O2. The highest BCUT2D eigenvalue weighted by molar-refractivity contribution is 9.11. The molecule has 2 nitrogen and oxygen atoms in total. The van der Waals surface area contributed by atoms with Crippen molar-refractivity contribution in [3.05, 3.63) is 20.6 Å². The molecule has 0 saturated carbocycles. The van der Waals surface area contributed by atoms with Crippen molar-refractivity contribution in [1.29, 1.82) is 0 Å². The first-order valence-corrected chi connectivity index (χ1v) is 5.55. The van der Waals surface area contributed by atoms with Gasteiger partial charge in [0.05, 0.1) is 8.95 Å². The van der Waals surface area contributed by atoms with Gasteiger partial charge in [0.1, 0.15) is 11.5 Å². The molecule has 0 unspecified atom stereocenters. The number of rotatable bonds is 2. The Morgan fingerprint density at radius 2 is 1.62 bits per heavy atom. The topological polar surface area (TPSA) is 40.5 Å². The lowest BCUT2D eigenvalue weighted by Gasteiger charge is -2.09. The molecule has 0 atom stereocenters. The van der Waals surface area contributed by atoms with Gasteiger partial charge >= 0.3 is 0 Å². The van der Waals surface area contributed by atoms with Crippen LogP contribution in [-0.4, -0.2) is 10.2 Å². The predicted octanol–water partition coefficient (Wildman–Crippen LogP) is 3.58. The van der Waals surface area contributed by atoms with E-state index >= 15 is 0 Å². The van der Waals surface area contributed by atoms with E-state index in [0.717, 1.165) is 6.42 Å². The maximum absolute atomic E-state index is 9.61. The molecule has 1 rings (SSSR count). The third kappa shape index (κ3) is 2.17. The first-order chi connectivity index (χ1) is 6.07. The predicted molar refractivity (Wildman–Crippen MR) is 59.2 cm³/mol. The van der Waals surface area contributed by atoms with E-state index in [4.69, 9.17) is 0 Å². The summed E-state index contributed by atoms with van der Waals surface area (Å²) in [5.74, 6) is 0.255. The highest BCUT2D eigenvalue weighted by Gasteiger charge is 2.13. The number of halogens is 2. The number of hydrogen-bond acceptors (Lipinski definition) is 2. The van der Waals surface area contributed by atoms with Crippen molar-refractivity contribution in [3.63, 3.8) is 0 Å². The van der Waals surface area contributed by atoms with E-state index in [0.29, 0.717) is 20.9 Å². The zero-order valence-corrected chi connectivity index (χ0v) is 10.3. The van der Waals surface area contributed by atoms with Crippen molar-refractivity contribution in [1.82, 2.24) is 0 Å². The Morgan fingerprint density at radius 3 is 2.00 bits per heavy atom. The standard InChI is InChI=1S/C9H10Br2O2/c1-2-3-5-8(12)6(10)4-7(11)9(5)13/h4,12-13H,2-3H2,1H3. The molecule has 0 amide bonds. The van der Waals surface area contributed by atoms with Crippen LogP contribution < -0.4 is 0 Å². The Labute approximate surface area is 93.8 Å². The zero-order valence-electron chi connectivity index (χ0n) is 7.14. The van der Waals surface area contributed by atoms with Crippen molar-refractivity contribution in [2.45, 2.75) is 19.8 Å². The van der Waals surface area contributed by atoms with Gasteiger partial charge in [0.25, 0.3) is 0 Å². The van der Waals surface area contributed by atoms with Crippen LogP contribution in [-0.2, 0) is 6.42 Å². The first kappa shape index (κ1) is 10.9. The van der Waals surface area contributed by atoms with Gasteiger partial charge in [-0.1, -0.05) is 13.3 Å². The van der Waals surface area contributed by atoms with E-state index in [1.54, 1.807) is 6.07 Å². The average molecular weight is 310 g/mol. The number of benzene rings is 1. The smallest absolute Gasteiger partial charge is 0.136 e. The summed E-state index contributed by atoms with van der Waals surface area (Å²) in [5.41, 5.74) is 0.587. The van der Waals surface area contributed by atoms with Crippen LogP contribution in [0.2, 0.25) is 0 Å². The fourth-order valence-electron chi connectivity index (χ4n) is 1.14. The minimum absolute atomic E-state index is 0.127. The molecule has 0 radical (unpaired) electrons. The van der Waals surface area contributed by atoms with Gasteiger partial charge in [-0.3, -0.25) is 0 Å². The minimum atomic E-state index is 0.127. The van der Waals surface area contributed by atoms with E-state index in [9.17, 15) is 10.2 Å². The molecule has 0 aliphatic carbocycles. The highest BCUT2D eigenvalue weighted by atomic mass is 79.9. The molecule has 72 valence electrons. The summed E-state index contributed by atoms with van der Waals surface area (Å²) in [4.78, 5) is 0. The summed E-state index contributed by atoms with van der Waals surface area (Å²) < 4.78 is 1.20. The largest absolute Gasteiger partial charge is 0.506 e. The fourth-order valence-corrected chi connectivity index (χ4v) is 2.38. The van der Waals surface area contributed by atoms with Crippen LogP contribution in [0.1, 0.15) is 18.9 Å². The van der Waals surface area contributed by atoms with E-state index in [2.05, 4.69) is 31.9 Å². The molecule has 0 fully saturated rings. The summed E-state index contributed by atoms with van der Waals surface area (Å²) in [6.45, 7) is 1.99. The molecule has 2 N–H and O–H groups in total. The van der Waals surface area contributed by atoms with Gasteiger partial charge in [-0.2, -0.15) is 0 Å². The van der Waals surface area contributed by atoms with Gasteiger partial charge < -0.3 is 10.2 Å². The summed E-state index contributed by atoms with van der Waals surface area (Å²) in [5, 5.41) is 19.2. The lowest BCUT2D eigenvalue weighted by atomic mass is 10.1. The number of aromatic hydroxyl groups is 2. The van der Waals surface area contributed by atoms with Crippen molar-refractivity contribution in [2.24, 2.45) is 0 Å². The van der Waals surface area contributed by atoms with Gasteiger partial charge in [0, 0.05) is 5.56 Å². The van der Waals surface area contributed by atoms with Crippen LogP contribution >= 0.6 is 31.9 Å². The lowest BCUT2D eigenvalue weighted by molar-refractivity contribution is 0.433. The quantitative estimate of drug-likeness (QED) is 0.876. The molecule has 0 heterocycles. The molecule has 13 heavy (non-hydrogen) atoms. The van der Waals surface area contributed by atoms with Crippen molar-refractivity contribution < 1.29 is 10.2 Å². The second kappa shape index (κ2) is 4.33. The maximum atomic E-state index is 9.61. The zero-order chi connectivity index (χ0) is 10.0. The highest BCUT2D eigenvalue weighted by Crippen LogP contribution is 2.40. The van der Waals surface area contributed by atoms with Crippen LogP contribution in [0.3, 0.4) is 0 Å². The van der Waals surface area contributed by atoms with E-state index in [-0.39, 0.29) is 11.5 Å². The molecule has 4 heteroatoms. The second-order valence-corrected chi connectivity index (χ2v) is 4.47. The van der Waals surface area contributed by atoms with Gasteiger partial charge in [-0.15, -0.1) is 0 Å². The Kier molecular flexibility index (Phi) is 3.62. The SMILES string of the molecule is CCCc1c(O)c(Br)cc(Br)c1O. The third-order valence-corrected chi connectivity index (χ3v) is 2.99. The van der Waals surface area contributed by atoms with Crippen LogP contribution in [0.15, 0.2) is 15.0 Å². The average Bonchev–Trinajstić information content (AvgIpc) is 2.09. The molecule has 1 aromatic carbocycles. The molecule has 0 aliphatic rings. The Bertz CT molecular complexity index is 298. The molecule has 0 aliphatic heterocycles. The number of hydrogen-bond donors (Lipinski definition) is 2. The van der Waals surface area contributed by atoms with Crippen molar-refractivity contribution >= 4 is 31.9 Å². The first-order valence-electron chi connectivity index (χ1n) is 3.96. The summed E-state index contributed by atoms with van der Waals surface area (Å²) in [6.07, 6.45) is 1.54. The minimum Gasteiger partial charge on any atom is -0.506 e.